The first-order valence-electron chi connectivity index (χ1n) is 21.2. The number of nitrogens with zero attached hydrogens (tertiary/aromatic N) is 3. The van der Waals surface area contributed by atoms with Crippen molar-refractivity contribution in [1.82, 2.24) is 20.5 Å². The van der Waals surface area contributed by atoms with Crippen LogP contribution in [0, 0.1) is 30.4 Å². The van der Waals surface area contributed by atoms with Gasteiger partial charge >= 0.3 is 6.09 Å². The molecule has 14 nitrogen and oxygen atoms in total. The first-order chi connectivity index (χ1) is 29.9. The fraction of sp³-hybridized carbons (Fsp3) is 0.533. The molecule has 2 bridgehead atoms. The predicted molar refractivity (Wildman–Crippen MR) is 223 cm³/mol. The Balaban J connectivity index is 1.27. The summed E-state index contributed by atoms with van der Waals surface area (Å²) < 4.78 is 50.2. The summed E-state index contributed by atoms with van der Waals surface area (Å²) in [5.74, 6) is -2.79. The number of carbonyl (C=O) groups excluding carboxylic acids is 3. The second kappa shape index (κ2) is 22.2. The molecule has 5 atom stereocenters. The monoisotopic (exact) mass is 886 g/mol. The maximum Gasteiger partial charge on any atom is 0.410 e. The zero-order valence-electron chi connectivity index (χ0n) is 35.4. The largest absolute Gasteiger partial charge is 0.496 e. The van der Waals surface area contributed by atoms with Crippen LogP contribution in [0.1, 0.15) is 79.5 Å². The Labute approximate surface area is 365 Å². The van der Waals surface area contributed by atoms with E-state index in [9.17, 15) is 18.4 Å². The molecule has 3 aromatic rings. The molecular formula is C45H57ClF2N4O10. The van der Waals surface area contributed by atoms with E-state index in [1.54, 1.807) is 19.1 Å². The summed E-state index contributed by atoms with van der Waals surface area (Å²) in [6.07, 6.45) is 4.03. The number of amides is 3. The zero-order chi connectivity index (χ0) is 44.3. The highest BCUT2D eigenvalue weighted by Crippen LogP contribution is 2.49. The van der Waals surface area contributed by atoms with Crippen LogP contribution in [0.5, 0.6) is 11.5 Å². The lowest BCUT2D eigenvalue weighted by molar-refractivity contribution is -0.492. The van der Waals surface area contributed by atoms with E-state index in [1.165, 1.54) is 0 Å². The Hall–Kier alpha value is -4.58. The number of aryl methyl sites for hydroxylation is 2. The average Bonchev–Trinajstić information content (AvgIpc) is 4.10. The van der Waals surface area contributed by atoms with Gasteiger partial charge in [-0.3, -0.25) is 24.8 Å². The smallest absolute Gasteiger partial charge is 0.410 e. The molecular weight excluding hydrogens is 830 g/mol. The number of benzene rings is 3. The van der Waals surface area contributed by atoms with Gasteiger partial charge in [-0.25, -0.2) is 13.6 Å². The number of methoxy groups -OCH3 is 2. The van der Waals surface area contributed by atoms with Crippen molar-refractivity contribution in [3.63, 3.8) is 0 Å². The molecule has 3 aliphatic rings. The molecule has 3 fully saturated rings. The highest BCUT2D eigenvalue weighted by molar-refractivity contribution is 6.32. The van der Waals surface area contributed by atoms with Crippen LogP contribution in [0.15, 0.2) is 54.6 Å². The molecule has 3 N–H and O–H groups in total. The Bertz CT molecular complexity index is 1990. The van der Waals surface area contributed by atoms with Gasteiger partial charge in [-0.05, 0) is 111 Å². The van der Waals surface area contributed by atoms with Crippen LogP contribution >= 0.6 is 11.6 Å². The van der Waals surface area contributed by atoms with Gasteiger partial charge in [0.1, 0.15) is 16.6 Å². The number of rotatable bonds is 21. The standard InChI is InChI=1S/C45H57ClF2N4O10/c1-28-23-30(10-17-39(28)59-3)27-50(33-13-14-33)44(54)40-35(31-11-8-29(9-12-31)7-6-20-60-42-37(48)16-15-36(47)41(42)46)26-34-24-32(43(53)49-18-22-58-2)25-38(40)51(34)45(55)61-19-4-5-21-62-52(56)57/h8-12,15-17,23,32-35,38,40,56-57H,4-7,13-14,18-22,24-27H2,1-3H3,(H,49,53). The minimum atomic E-state index is -0.763. The van der Waals surface area contributed by atoms with Gasteiger partial charge < -0.3 is 34.1 Å². The fourth-order valence-corrected chi connectivity index (χ4v) is 9.07. The highest BCUT2D eigenvalue weighted by atomic mass is 35.5. The highest BCUT2D eigenvalue weighted by Gasteiger charge is 2.55. The molecule has 0 radical (unpaired) electrons. The van der Waals surface area contributed by atoms with Crippen LogP contribution in [0.4, 0.5) is 13.6 Å². The molecule has 0 spiro atoms. The number of fused-ring (bicyclic) bond motifs is 2. The summed E-state index contributed by atoms with van der Waals surface area (Å²) in [7, 11) is 3.18. The van der Waals surface area contributed by atoms with E-state index in [2.05, 4.69) is 10.2 Å². The number of carbonyl (C=O) groups is 3. The molecule has 0 aromatic heterocycles. The van der Waals surface area contributed by atoms with Crippen LogP contribution < -0.4 is 14.8 Å². The molecule has 338 valence electrons. The fourth-order valence-electron chi connectivity index (χ4n) is 8.86. The number of piperidine rings is 2. The third-order valence-corrected chi connectivity index (χ3v) is 12.4. The lowest BCUT2D eigenvalue weighted by Gasteiger charge is -2.54. The molecule has 6 rings (SSSR count). The Kier molecular flexibility index (Phi) is 16.8. The van der Waals surface area contributed by atoms with E-state index in [0.717, 1.165) is 53.0 Å². The SMILES string of the molecule is COCCNC(=O)C1CC2CC(c3ccc(CCCOc4c(F)ccc(F)c4Cl)cc3)C(C(=O)N(Cc3ccc(OC)c(C)c3)C3CC3)C(C1)N2C(=O)OCCCCON(O)O. The van der Waals surface area contributed by atoms with Gasteiger partial charge in [0.2, 0.25) is 11.8 Å². The van der Waals surface area contributed by atoms with E-state index in [1.807, 2.05) is 54.3 Å². The van der Waals surface area contributed by atoms with Gasteiger partial charge in [-0.15, -0.1) is 0 Å². The second-order valence-corrected chi connectivity index (χ2v) is 16.6. The quantitative estimate of drug-likeness (QED) is 0.0557. The van der Waals surface area contributed by atoms with Crippen LogP contribution in [-0.4, -0.2) is 109 Å². The van der Waals surface area contributed by atoms with Gasteiger partial charge in [0, 0.05) is 44.2 Å². The van der Waals surface area contributed by atoms with Gasteiger partial charge in [0.05, 0.1) is 44.8 Å². The average molecular weight is 887 g/mol. The molecule has 62 heavy (non-hydrogen) atoms. The number of halogens is 3. The van der Waals surface area contributed by atoms with E-state index in [-0.39, 0.29) is 61.2 Å². The van der Waals surface area contributed by atoms with Crippen molar-refractivity contribution in [2.75, 3.05) is 47.2 Å². The third-order valence-electron chi connectivity index (χ3n) is 12.0. The molecule has 3 amide bonds. The Morgan fingerprint density at radius 2 is 1.61 bits per heavy atom. The minimum Gasteiger partial charge on any atom is -0.496 e. The van der Waals surface area contributed by atoms with Crippen LogP contribution in [0.2, 0.25) is 5.02 Å². The number of nitrogens with one attached hydrogen (secondary N) is 1. The van der Waals surface area contributed by atoms with Crippen molar-refractivity contribution in [2.24, 2.45) is 11.8 Å². The normalized spacial score (nSPS) is 20.8. The van der Waals surface area contributed by atoms with Crippen molar-refractivity contribution in [2.45, 2.75) is 95.3 Å². The maximum atomic E-state index is 15.4. The summed E-state index contributed by atoms with van der Waals surface area (Å²) in [5, 5.41) is 19.9. The van der Waals surface area contributed by atoms with E-state index >= 15 is 4.79 Å². The van der Waals surface area contributed by atoms with Crippen molar-refractivity contribution >= 4 is 29.5 Å². The molecule has 3 aromatic carbocycles. The molecule has 2 heterocycles. The van der Waals surface area contributed by atoms with Gasteiger partial charge in [-0.1, -0.05) is 48.0 Å². The number of unbranched alkanes of at least 4 members (excludes halogenated alkanes) is 1. The van der Waals surface area contributed by atoms with Gasteiger partial charge in [0.25, 0.3) is 0 Å². The molecule has 1 saturated carbocycles. The topological polar surface area (TPSA) is 160 Å². The molecule has 1 aliphatic carbocycles. The van der Waals surface area contributed by atoms with E-state index in [4.69, 9.17) is 41.0 Å². The van der Waals surface area contributed by atoms with Crippen LogP contribution in [0.3, 0.4) is 0 Å². The summed E-state index contributed by atoms with van der Waals surface area (Å²) in [4.78, 5) is 51.5. The van der Waals surface area contributed by atoms with Gasteiger partial charge in [-0.2, -0.15) is 0 Å². The van der Waals surface area contributed by atoms with Gasteiger partial charge in [0.15, 0.2) is 11.6 Å². The van der Waals surface area contributed by atoms with E-state index < -0.39 is 46.7 Å². The Morgan fingerprint density at radius 1 is 0.887 bits per heavy atom. The first-order valence-corrected chi connectivity index (χ1v) is 21.6. The number of ether oxygens (including phenoxy) is 4. The van der Waals surface area contributed by atoms with Crippen LogP contribution in [-0.2, 0) is 36.9 Å². The summed E-state index contributed by atoms with van der Waals surface area (Å²) in [6, 6.07) is 14.8. The number of hydrogen-bond acceptors (Lipinski definition) is 11. The molecule has 5 unspecified atom stereocenters. The third kappa shape index (κ3) is 11.9. The van der Waals surface area contributed by atoms with Crippen molar-refractivity contribution in [3.05, 3.63) is 93.5 Å². The summed E-state index contributed by atoms with van der Waals surface area (Å²) in [5.41, 5.74) is 3.81. The van der Waals surface area contributed by atoms with Crippen LogP contribution in [0.25, 0.3) is 0 Å². The van der Waals surface area contributed by atoms with Crippen molar-refractivity contribution in [3.8, 4) is 11.5 Å². The zero-order valence-corrected chi connectivity index (χ0v) is 36.2. The lowest BCUT2D eigenvalue weighted by atomic mass is 9.65. The molecule has 2 saturated heterocycles. The Morgan fingerprint density at radius 3 is 2.31 bits per heavy atom. The van der Waals surface area contributed by atoms with E-state index in [0.29, 0.717) is 58.2 Å². The minimum absolute atomic E-state index is 0.00130. The number of hydrogen-bond donors (Lipinski definition) is 3. The second-order valence-electron chi connectivity index (χ2n) is 16.2. The van der Waals surface area contributed by atoms with Crippen molar-refractivity contribution in [1.29, 1.82) is 0 Å². The molecule has 2 aliphatic heterocycles. The maximum absolute atomic E-state index is 15.4. The predicted octanol–water partition coefficient (Wildman–Crippen LogP) is 7.38. The summed E-state index contributed by atoms with van der Waals surface area (Å²) >= 11 is 5.93. The molecule has 17 heteroatoms. The first kappa shape index (κ1) is 46.9. The summed E-state index contributed by atoms with van der Waals surface area (Å²) in [6.45, 7) is 3.15. The van der Waals surface area contributed by atoms with Crippen molar-refractivity contribution < 1.29 is 57.4 Å². The lowest BCUT2D eigenvalue weighted by Crippen LogP contribution is -2.64.